The summed E-state index contributed by atoms with van der Waals surface area (Å²) in [5.74, 6) is 6.67. The first-order chi connectivity index (χ1) is 15.9. The highest BCUT2D eigenvalue weighted by Gasteiger charge is 2.29. The van der Waals surface area contributed by atoms with E-state index in [1.54, 1.807) is 0 Å². The molecule has 8 atom stereocenters. The molecule has 34 heavy (non-hydrogen) atoms. The third-order valence-electron chi connectivity index (χ3n) is 9.04. The van der Waals surface area contributed by atoms with Crippen molar-refractivity contribution in [1.29, 1.82) is 0 Å². The van der Waals surface area contributed by atoms with E-state index in [0.29, 0.717) is 29.8 Å². The van der Waals surface area contributed by atoms with Crippen LogP contribution in [-0.2, 0) is 0 Å². The van der Waals surface area contributed by atoms with Crippen molar-refractivity contribution in [2.24, 2.45) is 69.9 Å². The number of rotatable bonds is 3. The van der Waals surface area contributed by atoms with Crippen LogP contribution in [-0.4, -0.2) is 23.0 Å². The molecular formula is C30H61N3O. The van der Waals surface area contributed by atoms with E-state index < -0.39 is 0 Å². The molecule has 4 heteroatoms. The molecule has 0 saturated heterocycles. The molecule has 0 amide bonds. The van der Waals surface area contributed by atoms with Gasteiger partial charge in [0.15, 0.2) is 0 Å². The van der Waals surface area contributed by atoms with Crippen molar-refractivity contribution < 1.29 is 5.21 Å². The van der Waals surface area contributed by atoms with E-state index in [1.165, 1.54) is 51.4 Å². The zero-order valence-electron chi connectivity index (χ0n) is 24.3. The predicted molar refractivity (Wildman–Crippen MR) is 149 cm³/mol. The Kier molecular flexibility index (Phi) is 14.3. The van der Waals surface area contributed by atoms with Crippen LogP contribution in [0.15, 0.2) is 5.16 Å². The lowest BCUT2D eigenvalue weighted by molar-refractivity contribution is 0.199. The summed E-state index contributed by atoms with van der Waals surface area (Å²) in [6, 6.07) is 0.942. The van der Waals surface area contributed by atoms with Crippen LogP contribution in [0.5, 0.6) is 0 Å². The van der Waals surface area contributed by atoms with Gasteiger partial charge in [0.25, 0.3) is 0 Å². The third-order valence-corrected chi connectivity index (χ3v) is 9.04. The van der Waals surface area contributed by atoms with Crippen LogP contribution in [0.2, 0.25) is 0 Å². The Balaban J connectivity index is 0.000000255. The van der Waals surface area contributed by atoms with Gasteiger partial charge in [-0.15, -0.1) is 0 Å². The summed E-state index contributed by atoms with van der Waals surface area (Å²) in [6.45, 7) is 20.4. The molecule has 4 nitrogen and oxygen atoms in total. The van der Waals surface area contributed by atoms with E-state index in [2.05, 4.69) is 67.5 Å². The van der Waals surface area contributed by atoms with Gasteiger partial charge in [-0.3, -0.25) is 0 Å². The Morgan fingerprint density at radius 1 is 0.647 bits per heavy atom. The van der Waals surface area contributed by atoms with Gasteiger partial charge in [-0.05, 0) is 92.3 Å². The van der Waals surface area contributed by atoms with Gasteiger partial charge < -0.3 is 16.7 Å². The van der Waals surface area contributed by atoms with E-state index in [-0.39, 0.29) is 0 Å². The molecule has 3 fully saturated rings. The smallest absolute Gasteiger partial charge is 0.0606 e. The first-order valence-corrected chi connectivity index (χ1v) is 14.6. The van der Waals surface area contributed by atoms with Crippen molar-refractivity contribution in [2.75, 3.05) is 0 Å². The van der Waals surface area contributed by atoms with Crippen molar-refractivity contribution in [3.8, 4) is 0 Å². The van der Waals surface area contributed by atoms with E-state index in [4.69, 9.17) is 16.7 Å². The lowest BCUT2D eigenvalue weighted by Crippen LogP contribution is -2.38. The molecule has 3 rings (SSSR count). The van der Waals surface area contributed by atoms with Crippen LogP contribution in [0, 0.1) is 53.3 Å². The van der Waals surface area contributed by atoms with Crippen LogP contribution < -0.4 is 11.5 Å². The van der Waals surface area contributed by atoms with Crippen molar-refractivity contribution in [2.45, 2.75) is 132 Å². The monoisotopic (exact) mass is 479 g/mol. The highest BCUT2D eigenvalue weighted by atomic mass is 16.4. The molecule has 0 aromatic heterocycles. The second-order valence-corrected chi connectivity index (χ2v) is 13.3. The van der Waals surface area contributed by atoms with Gasteiger partial charge in [0.1, 0.15) is 0 Å². The Morgan fingerprint density at radius 2 is 1.06 bits per heavy atom. The Bertz CT molecular complexity index is 543. The van der Waals surface area contributed by atoms with Gasteiger partial charge in [0.2, 0.25) is 0 Å². The fourth-order valence-electron chi connectivity index (χ4n) is 6.63. The van der Waals surface area contributed by atoms with Gasteiger partial charge in [0, 0.05) is 18.0 Å². The SMILES string of the molecule is CC(C)C1CC[C@@H](C)C/C1=N\O.CC(C)C1CC[C@@H](C)CC1N.CC(C)C1CC[C@@H](C)C[C@H]1N. The second-order valence-electron chi connectivity index (χ2n) is 13.3. The third kappa shape index (κ3) is 10.6. The normalized spacial score (nSPS) is 37.8. The highest BCUT2D eigenvalue weighted by Crippen LogP contribution is 2.33. The zero-order valence-corrected chi connectivity index (χ0v) is 24.3. The lowest BCUT2D eigenvalue weighted by atomic mass is 9.74. The molecular weight excluding hydrogens is 418 g/mol. The summed E-state index contributed by atoms with van der Waals surface area (Å²) in [6.07, 6.45) is 11.4. The zero-order chi connectivity index (χ0) is 26.0. The first kappa shape index (κ1) is 31.4. The summed E-state index contributed by atoms with van der Waals surface area (Å²) in [4.78, 5) is 0. The minimum atomic E-state index is 0.471. The van der Waals surface area contributed by atoms with Crippen LogP contribution in [0.4, 0.5) is 0 Å². The largest absolute Gasteiger partial charge is 0.411 e. The minimum absolute atomic E-state index is 0.471. The standard InChI is InChI=1S/C10H19NO.2C10H21N/c1-7(2)9-5-4-8(3)6-10(9)11-12;2*1-7(2)9-5-4-8(3)6-10(9)11/h7-9,12H,4-6H2,1-3H3;2*7-10H,4-6,11H2,1-3H3/b11-10+;;/t8-,9?;8-,9?,10?;8-,9?,10-/m111/s1. The summed E-state index contributed by atoms with van der Waals surface area (Å²) < 4.78 is 0. The quantitative estimate of drug-likeness (QED) is 0.286. The summed E-state index contributed by atoms with van der Waals surface area (Å²) in [5, 5.41) is 12.2. The predicted octanol–water partition coefficient (Wildman–Crippen LogP) is 7.72. The average molecular weight is 480 g/mol. The van der Waals surface area contributed by atoms with E-state index in [0.717, 1.165) is 47.6 Å². The van der Waals surface area contributed by atoms with E-state index in [9.17, 15) is 0 Å². The Hall–Kier alpha value is -0.610. The number of nitrogens with two attached hydrogens (primary N) is 2. The minimum Gasteiger partial charge on any atom is -0.411 e. The maximum Gasteiger partial charge on any atom is 0.0606 e. The maximum atomic E-state index is 8.82. The van der Waals surface area contributed by atoms with Crippen molar-refractivity contribution >= 4 is 5.71 Å². The van der Waals surface area contributed by atoms with Gasteiger partial charge >= 0.3 is 0 Å². The molecule has 0 heterocycles. The molecule has 5 N–H and O–H groups in total. The highest BCUT2D eigenvalue weighted by molar-refractivity contribution is 5.87. The Labute approximate surface area is 213 Å². The van der Waals surface area contributed by atoms with Crippen LogP contribution in [0.1, 0.15) is 120 Å². The molecule has 4 unspecified atom stereocenters. The van der Waals surface area contributed by atoms with Crippen LogP contribution >= 0.6 is 0 Å². The van der Waals surface area contributed by atoms with Crippen LogP contribution in [0.25, 0.3) is 0 Å². The average Bonchev–Trinajstić information content (AvgIpc) is 2.73. The van der Waals surface area contributed by atoms with Crippen LogP contribution in [0.3, 0.4) is 0 Å². The maximum absolute atomic E-state index is 8.82. The van der Waals surface area contributed by atoms with Gasteiger partial charge in [0.05, 0.1) is 5.71 Å². The van der Waals surface area contributed by atoms with Crippen molar-refractivity contribution in [3.05, 3.63) is 0 Å². The molecule has 0 aromatic rings. The first-order valence-electron chi connectivity index (χ1n) is 14.6. The summed E-state index contributed by atoms with van der Waals surface area (Å²) in [7, 11) is 0. The Morgan fingerprint density at radius 3 is 1.38 bits per heavy atom. The molecule has 202 valence electrons. The summed E-state index contributed by atoms with van der Waals surface area (Å²) >= 11 is 0. The fraction of sp³-hybridized carbons (Fsp3) is 0.967. The number of hydrogen-bond acceptors (Lipinski definition) is 4. The van der Waals surface area contributed by atoms with E-state index in [1.807, 2.05) is 0 Å². The number of nitrogens with zero attached hydrogens (tertiary/aromatic N) is 1. The molecule has 0 bridgehead atoms. The molecule has 0 radical (unpaired) electrons. The van der Waals surface area contributed by atoms with Crippen molar-refractivity contribution in [1.82, 2.24) is 0 Å². The molecule has 0 spiro atoms. The molecule has 0 aliphatic heterocycles. The fourth-order valence-corrected chi connectivity index (χ4v) is 6.63. The van der Waals surface area contributed by atoms with Crippen molar-refractivity contribution in [3.63, 3.8) is 0 Å². The molecule has 0 aromatic carbocycles. The summed E-state index contributed by atoms with van der Waals surface area (Å²) in [5.41, 5.74) is 13.2. The second kappa shape index (κ2) is 15.5. The molecule has 3 saturated carbocycles. The van der Waals surface area contributed by atoms with E-state index >= 15 is 0 Å². The number of oxime groups is 1. The van der Waals surface area contributed by atoms with Gasteiger partial charge in [-0.25, -0.2) is 0 Å². The van der Waals surface area contributed by atoms with Gasteiger partial charge in [-0.1, -0.05) is 80.3 Å². The number of hydrogen-bond donors (Lipinski definition) is 3. The lowest BCUT2D eigenvalue weighted by Gasteiger charge is -2.34. The topological polar surface area (TPSA) is 84.6 Å². The molecule has 3 aliphatic carbocycles. The molecule has 3 aliphatic rings. The van der Waals surface area contributed by atoms with Gasteiger partial charge in [-0.2, -0.15) is 0 Å².